The number of likely N-dealkylation sites (N-methyl/N-ethyl adjacent to an activating group) is 1. The number of rotatable bonds is 7. The molecule has 112 valence electrons. The Hall–Kier alpha value is -1.62. The van der Waals surface area contributed by atoms with Gasteiger partial charge in [0.15, 0.2) is 0 Å². The van der Waals surface area contributed by atoms with Gasteiger partial charge in [0.25, 0.3) is 0 Å². The Labute approximate surface area is 119 Å². The van der Waals surface area contributed by atoms with Crippen LogP contribution in [0.1, 0.15) is 20.3 Å². The zero-order valence-electron chi connectivity index (χ0n) is 12.6. The second-order valence-corrected chi connectivity index (χ2v) is 5.09. The Balaban J connectivity index is 2.86. The molecule has 0 fully saturated rings. The van der Waals surface area contributed by atoms with Crippen molar-refractivity contribution in [2.45, 2.75) is 25.8 Å². The van der Waals surface area contributed by atoms with Crippen LogP contribution < -0.4 is 10.2 Å². The molecule has 1 aromatic carbocycles. The Kier molecular flexibility index (Phi) is 5.95. The molecule has 20 heavy (non-hydrogen) atoms. The minimum absolute atomic E-state index is 0.296. The van der Waals surface area contributed by atoms with Gasteiger partial charge in [-0.25, -0.2) is 9.18 Å². The lowest BCUT2D eigenvalue weighted by molar-refractivity contribution is -0.147. The maximum Gasteiger partial charge on any atom is 0.327 e. The molecular formula is C15H23FN2O2. The first-order valence-electron chi connectivity index (χ1n) is 6.73. The standard InChI is InChI=1S/C15H23FN2O2/c1-5-9-17-15(2,14(19)20-4)11-18(3)13-8-6-7-12(16)10-13/h6-8,10,17H,5,9,11H2,1-4H3. The molecular weight excluding hydrogens is 259 g/mol. The largest absolute Gasteiger partial charge is 0.468 e. The molecule has 0 aromatic heterocycles. The summed E-state index contributed by atoms with van der Waals surface area (Å²) in [5, 5.41) is 3.20. The summed E-state index contributed by atoms with van der Waals surface area (Å²) in [4.78, 5) is 13.8. The van der Waals surface area contributed by atoms with Crippen LogP contribution in [0.2, 0.25) is 0 Å². The monoisotopic (exact) mass is 282 g/mol. The number of benzene rings is 1. The maximum atomic E-state index is 13.3. The number of halogens is 1. The molecule has 0 aliphatic heterocycles. The quantitative estimate of drug-likeness (QED) is 0.778. The van der Waals surface area contributed by atoms with Crippen molar-refractivity contribution in [2.75, 3.05) is 32.1 Å². The van der Waals surface area contributed by atoms with Gasteiger partial charge in [0, 0.05) is 19.3 Å². The first kappa shape index (κ1) is 16.4. The summed E-state index contributed by atoms with van der Waals surface area (Å²) in [6, 6.07) is 6.29. The molecule has 0 aliphatic carbocycles. The Bertz CT molecular complexity index is 453. The minimum atomic E-state index is -0.828. The third-order valence-electron chi connectivity index (χ3n) is 3.20. The average Bonchev–Trinajstić information content (AvgIpc) is 2.44. The summed E-state index contributed by atoms with van der Waals surface area (Å²) >= 11 is 0. The molecule has 1 rings (SSSR count). The van der Waals surface area contributed by atoms with E-state index in [4.69, 9.17) is 4.74 Å². The fraction of sp³-hybridized carbons (Fsp3) is 0.533. The van der Waals surface area contributed by atoms with Crippen molar-refractivity contribution in [3.8, 4) is 0 Å². The van der Waals surface area contributed by atoms with E-state index >= 15 is 0 Å². The van der Waals surface area contributed by atoms with E-state index in [-0.39, 0.29) is 11.8 Å². The molecule has 1 aromatic rings. The van der Waals surface area contributed by atoms with Gasteiger partial charge < -0.3 is 15.0 Å². The fourth-order valence-electron chi connectivity index (χ4n) is 2.10. The van der Waals surface area contributed by atoms with Gasteiger partial charge in [0.1, 0.15) is 11.4 Å². The zero-order chi connectivity index (χ0) is 15.2. The van der Waals surface area contributed by atoms with Crippen LogP contribution in [0.3, 0.4) is 0 Å². The van der Waals surface area contributed by atoms with Crippen LogP contribution in [-0.4, -0.2) is 38.8 Å². The van der Waals surface area contributed by atoms with Crippen LogP contribution >= 0.6 is 0 Å². The molecule has 5 heteroatoms. The van der Waals surface area contributed by atoms with Gasteiger partial charge in [-0.2, -0.15) is 0 Å². The van der Waals surface area contributed by atoms with Gasteiger partial charge in [-0.1, -0.05) is 13.0 Å². The smallest absolute Gasteiger partial charge is 0.327 e. The van der Waals surface area contributed by atoms with Crippen LogP contribution in [0.4, 0.5) is 10.1 Å². The molecule has 0 aliphatic rings. The van der Waals surface area contributed by atoms with Gasteiger partial charge in [0.2, 0.25) is 0 Å². The Morgan fingerprint density at radius 2 is 2.20 bits per heavy atom. The second kappa shape index (κ2) is 7.24. The van der Waals surface area contributed by atoms with Crippen molar-refractivity contribution in [3.05, 3.63) is 30.1 Å². The Morgan fingerprint density at radius 3 is 2.75 bits per heavy atom. The van der Waals surface area contributed by atoms with Gasteiger partial charge in [0.05, 0.1) is 7.11 Å². The van der Waals surface area contributed by atoms with E-state index in [2.05, 4.69) is 5.32 Å². The lowest BCUT2D eigenvalue weighted by Gasteiger charge is -2.33. The van der Waals surface area contributed by atoms with Crippen molar-refractivity contribution in [1.29, 1.82) is 0 Å². The average molecular weight is 282 g/mol. The molecule has 0 radical (unpaired) electrons. The molecule has 1 unspecified atom stereocenters. The van der Waals surface area contributed by atoms with Crippen LogP contribution in [0, 0.1) is 5.82 Å². The van der Waals surface area contributed by atoms with Crippen molar-refractivity contribution in [3.63, 3.8) is 0 Å². The summed E-state index contributed by atoms with van der Waals surface area (Å²) in [7, 11) is 3.19. The summed E-state index contributed by atoms with van der Waals surface area (Å²) < 4.78 is 18.1. The van der Waals surface area contributed by atoms with Crippen molar-refractivity contribution in [1.82, 2.24) is 5.32 Å². The minimum Gasteiger partial charge on any atom is -0.468 e. The van der Waals surface area contributed by atoms with Crippen molar-refractivity contribution in [2.24, 2.45) is 0 Å². The van der Waals surface area contributed by atoms with Crippen molar-refractivity contribution < 1.29 is 13.9 Å². The topological polar surface area (TPSA) is 41.6 Å². The van der Waals surface area contributed by atoms with Crippen LogP contribution in [-0.2, 0) is 9.53 Å². The number of methoxy groups -OCH3 is 1. The van der Waals surface area contributed by atoms with Gasteiger partial charge >= 0.3 is 5.97 Å². The lowest BCUT2D eigenvalue weighted by atomic mass is 10.0. The van der Waals surface area contributed by atoms with Gasteiger partial charge in [-0.15, -0.1) is 0 Å². The van der Waals surface area contributed by atoms with E-state index in [1.165, 1.54) is 19.2 Å². The number of anilines is 1. The summed E-state index contributed by atoms with van der Waals surface area (Å²) in [6.45, 7) is 4.93. The normalized spacial score (nSPS) is 13.7. The number of esters is 1. The van der Waals surface area contributed by atoms with Crippen molar-refractivity contribution >= 4 is 11.7 Å². The highest BCUT2D eigenvalue weighted by atomic mass is 19.1. The first-order chi connectivity index (χ1) is 9.42. The molecule has 0 spiro atoms. The van der Waals surface area contributed by atoms with Crippen LogP contribution in [0.25, 0.3) is 0 Å². The van der Waals surface area contributed by atoms with E-state index in [0.717, 1.165) is 12.1 Å². The molecule has 1 N–H and O–H groups in total. The number of carbonyl (C=O) groups excluding carboxylic acids is 1. The fourth-order valence-corrected chi connectivity index (χ4v) is 2.10. The van der Waals surface area contributed by atoms with Gasteiger partial charge in [-0.3, -0.25) is 0 Å². The van der Waals surface area contributed by atoms with E-state index in [1.54, 1.807) is 19.1 Å². The molecule has 0 amide bonds. The molecule has 0 saturated heterocycles. The highest BCUT2D eigenvalue weighted by Gasteiger charge is 2.35. The predicted molar refractivity (Wildman–Crippen MR) is 78.4 cm³/mol. The first-order valence-corrected chi connectivity index (χ1v) is 6.73. The summed E-state index contributed by atoms with van der Waals surface area (Å²) in [5.41, 5.74) is -0.107. The highest BCUT2D eigenvalue weighted by Crippen LogP contribution is 2.17. The number of nitrogens with one attached hydrogen (secondary N) is 1. The molecule has 0 saturated carbocycles. The third-order valence-corrected chi connectivity index (χ3v) is 3.20. The summed E-state index contributed by atoms with van der Waals surface area (Å²) in [6.07, 6.45) is 0.913. The number of nitrogens with zero attached hydrogens (tertiary/aromatic N) is 1. The second-order valence-electron chi connectivity index (χ2n) is 5.09. The van der Waals surface area contributed by atoms with E-state index in [9.17, 15) is 9.18 Å². The van der Waals surface area contributed by atoms with Gasteiger partial charge in [-0.05, 0) is 38.1 Å². The SMILES string of the molecule is CCCNC(C)(CN(C)c1cccc(F)c1)C(=O)OC. The number of ether oxygens (including phenoxy) is 1. The highest BCUT2D eigenvalue weighted by molar-refractivity contribution is 5.81. The van der Waals surface area contributed by atoms with E-state index < -0.39 is 5.54 Å². The van der Waals surface area contributed by atoms with E-state index in [0.29, 0.717) is 13.1 Å². The molecule has 1 atom stereocenters. The predicted octanol–water partition coefficient (Wildman–Crippen LogP) is 2.19. The lowest BCUT2D eigenvalue weighted by Crippen LogP contribution is -2.57. The third kappa shape index (κ3) is 4.20. The number of hydrogen-bond donors (Lipinski definition) is 1. The number of carbonyl (C=O) groups is 1. The summed E-state index contributed by atoms with van der Waals surface area (Å²) in [5.74, 6) is -0.621. The van der Waals surface area contributed by atoms with E-state index in [1.807, 2.05) is 18.9 Å². The molecule has 4 nitrogen and oxygen atoms in total. The number of hydrogen-bond acceptors (Lipinski definition) is 4. The zero-order valence-corrected chi connectivity index (χ0v) is 12.6. The molecule has 0 bridgehead atoms. The van der Waals surface area contributed by atoms with Crippen LogP contribution in [0.15, 0.2) is 24.3 Å². The Morgan fingerprint density at radius 1 is 1.50 bits per heavy atom. The molecule has 0 heterocycles. The van der Waals surface area contributed by atoms with Crippen LogP contribution in [0.5, 0.6) is 0 Å². The maximum absolute atomic E-state index is 13.3.